The molecule has 2 aromatic carbocycles. The molecule has 4 rings (SSSR count). The van der Waals surface area contributed by atoms with Crippen molar-refractivity contribution in [1.29, 1.82) is 0 Å². The van der Waals surface area contributed by atoms with Crippen molar-refractivity contribution in [3.05, 3.63) is 71.2 Å². The van der Waals surface area contributed by atoms with Gasteiger partial charge in [-0.25, -0.2) is 4.39 Å². The molecule has 3 atom stereocenters. The number of nitrogens with zero attached hydrogens (tertiary/aromatic N) is 2. The third-order valence-electron chi connectivity index (χ3n) is 7.56. The lowest BCUT2D eigenvalue weighted by atomic mass is 9.79. The SMILES string of the molecule is COc1ccc2nccc(C(O)CC[C@@H]3CCN(CC#Cc4ccc(C)c(F)c4)C[C@@H]3CCC(=O)O)c2c1. The minimum absolute atomic E-state index is 0.126. The Hall–Kier alpha value is -3.47. The second-order valence-corrected chi connectivity index (χ2v) is 10.1. The topological polar surface area (TPSA) is 82.9 Å². The fourth-order valence-corrected chi connectivity index (χ4v) is 5.33. The number of methoxy groups -OCH3 is 1. The van der Waals surface area contributed by atoms with Crippen LogP contribution >= 0.6 is 0 Å². The van der Waals surface area contributed by atoms with Crippen LogP contribution in [0.3, 0.4) is 0 Å². The fraction of sp³-hybridized carbons (Fsp3) is 0.419. The van der Waals surface area contributed by atoms with E-state index in [4.69, 9.17) is 4.74 Å². The lowest BCUT2D eigenvalue weighted by Crippen LogP contribution is -2.41. The number of rotatable bonds is 9. The van der Waals surface area contributed by atoms with Crippen LogP contribution in [-0.2, 0) is 4.79 Å². The van der Waals surface area contributed by atoms with E-state index >= 15 is 0 Å². The van der Waals surface area contributed by atoms with Crippen molar-refractivity contribution in [2.24, 2.45) is 11.8 Å². The van der Waals surface area contributed by atoms with Gasteiger partial charge in [0.05, 0.1) is 25.3 Å². The first-order valence-electron chi connectivity index (χ1n) is 13.1. The summed E-state index contributed by atoms with van der Waals surface area (Å²) in [6.45, 7) is 3.90. The van der Waals surface area contributed by atoms with Gasteiger partial charge < -0.3 is 14.9 Å². The standard InChI is InChI=1S/C31H35FN2O4/c1-21-5-6-22(18-28(21)32)4-3-16-34-17-14-23(24(20-34)8-12-31(36)37)7-11-30(35)26-13-15-33-29-10-9-25(38-2)19-27(26)29/h5-6,9-10,13,15,18-19,23-24,30,35H,7-8,11-12,14,16-17,20H2,1-2H3,(H,36,37)/t23-,24+,30?/m1/s1. The summed E-state index contributed by atoms with van der Waals surface area (Å²) >= 11 is 0. The molecule has 0 aliphatic carbocycles. The number of aromatic nitrogens is 1. The summed E-state index contributed by atoms with van der Waals surface area (Å²) < 4.78 is 19.2. The molecule has 1 fully saturated rings. The lowest BCUT2D eigenvalue weighted by molar-refractivity contribution is -0.137. The molecule has 0 bridgehead atoms. The van der Waals surface area contributed by atoms with E-state index in [9.17, 15) is 19.4 Å². The molecule has 7 heteroatoms. The maximum Gasteiger partial charge on any atom is 0.303 e. The van der Waals surface area contributed by atoms with E-state index in [-0.39, 0.29) is 18.2 Å². The normalized spacial score (nSPS) is 18.5. The fourth-order valence-electron chi connectivity index (χ4n) is 5.33. The maximum absolute atomic E-state index is 13.8. The zero-order valence-electron chi connectivity index (χ0n) is 22.0. The molecule has 0 spiro atoms. The molecule has 0 amide bonds. The highest BCUT2D eigenvalue weighted by molar-refractivity contribution is 5.83. The van der Waals surface area contributed by atoms with Gasteiger partial charge in [0, 0.05) is 30.1 Å². The third kappa shape index (κ3) is 7.09. The number of benzene rings is 2. The van der Waals surface area contributed by atoms with Crippen LogP contribution in [0.1, 0.15) is 54.9 Å². The highest BCUT2D eigenvalue weighted by atomic mass is 19.1. The number of likely N-dealkylation sites (tertiary alicyclic amines) is 1. The molecule has 0 radical (unpaired) electrons. The van der Waals surface area contributed by atoms with Crippen molar-refractivity contribution in [2.45, 2.75) is 45.1 Å². The second-order valence-electron chi connectivity index (χ2n) is 10.1. The highest BCUT2D eigenvalue weighted by Crippen LogP contribution is 2.35. The molecule has 1 unspecified atom stereocenters. The van der Waals surface area contributed by atoms with Crippen molar-refractivity contribution in [3.8, 4) is 17.6 Å². The quantitative estimate of drug-likeness (QED) is 0.371. The van der Waals surface area contributed by atoms with E-state index < -0.39 is 12.1 Å². The predicted molar refractivity (Wildman–Crippen MR) is 145 cm³/mol. The minimum Gasteiger partial charge on any atom is -0.497 e. The smallest absolute Gasteiger partial charge is 0.303 e. The van der Waals surface area contributed by atoms with Gasteiger partial charge in [0.25, 0.3) is 0 Å². The number of hydrogen-bond acceptors (Lipinski definition) is 5. The molecular weight excluding hydrogens is 483 g/mol. The van der Waals surface area contributed by atoms with Gasteiger partial charge in [-0.15, -0.1) is 0 Å². The van der Waals surface area contributed by atoms with Crippen LogP contribution in [0.25, 0.3) is 10.9 Å². The molecule has 200 valence electrons. The van der Waals surface area contributed by atoms with E-state index in [2.05, 4.69) is 21.7 Å². The number of aliphatic hydroxyl groups is 1. The van der Waals surface area contributed by atoms with Gasteiger partial charge in [-0.05, 0) is 98.5 Å². The molecule has 1 aliphatic heterocycles. The maximum atomic E-state index is 13.8. The van der Waals surface area contributed by atoms with Gasteiger partial charge in [-0.2, -0.15) is 0 Å². The zero-order chi connectivity index (χ0) is 27.1. The molecule has 38 heavy (non-hydrogen) atoms. The van der Waals surface area contributed by atoms with Gasteiger partial charge in [0.2, 0.25) is 0 Å². The van der Waals surface area contributed by atoms with Crippen molar-refractivity contribution < 1.29 is 24.1 Å². The number of hydrogen-bond donors (Lipinski definition) is 2. The molecule has 2 N–H and O–H groups in total. The lowest BCUT2D eigenvalue weighted by Gasteiger charge is -2.38. The van der Waals surface area contributed by atoms with Gasteiger partial charge >= 0.3 is 5.97 Å². The largest absolute Gasteiger partial charge is 0.497 e. The van der Waals surface area contributed by atoms with Crippen LogP contribution < -0.4 is 4.74 Å². The molecule has 3 aromatic rings. The van der Waals surface area contributed by atoms with Crippen LogP contribution in [0.4, 0.5) is 4.39 Å². The number of aliphatic carboxylic acids is 1. The Morgan fingerprint density at radius 3 is 2.82 bits per heavy atom. The summed E-state index contributed by atoms with van der Waals surface area (Å²) in [4.78, 5) is 18.0. The van der Waals surface area contributed by atoms with Gasteiger partial charge in [0.1, 0.15) is 11.6 Å². The zero-order valence-corrected chi connectivity index (χ0v) is 22.0. The van der Waals surface area contributed by atoms with E-state index in [1.807, 2.05) is 30.3 Å². The summed E-state index contributed by atoms with van der Waals surface area (Å²) in [6, 6.07) is 12.5. The molecule has 0 saturated carbocycles. The van der Waals surface area contributed by atoms with Crippen molar-refractivity contribution in [1.82, 2.24) is 9.88 Å². The van der Waals surface area contributed by atoms with Gasteiger partial charge in [-0.3, -0.25) is 14.7 Å². The average Bonchev–Trinajstić information content (AvgIpc) is 2.92. The number of ether oxygens (including phenoxy) is 1. The summed E-state index contributed by atoms with van der Waals surface area (Å²) in [6.07, 6.45) is 4.10. The summed E-state index contributed by atoms with van der Waals surface area (Å²) in [5.41, 5.74) is 2.89. The Kier molecular flexibility index (Phi) is 9.33. The van der Waals surface area contributed by atoms with E-state index in [1.54, 1.807) is 26.3 Å². The van der Waals surface area contributed by atoms with Crippen molar-refractivity contribution >= 4 is 16.9 Å². The first-order chi connectivity index (χ1) is 18.3. The average molecular weight is 519 g/mol. The highest BCUT2D eigenvalue weighted by Gasteiger charge is 2.30. The predicted octanol–water partition coefficient (Wildman–Crippen LogP) is 5.36. The van der Waals surface area contributed by atoms with Crippen LogP contribution in [-0.4, -0.2) is 52.8 Å². The molecule has 6 nitrogen and oxygen atoms in total. The summed E-state index contributed by atoms with van der Waals surface area (Å²) in [5, 5.41) is 21.3. The van der Waals surface area contributed by atoms with Crippen molar-refractivity contribution in [2.75, 3.05) is 26.7 Å². The Balaban J connectivity index is 1.39. The van der Waals surface area contributed by atoms with Crippen molar-refractivity contribution in [3.63, 3.8) is 0 Å². The molecular formula is C31H35FN2O4. The number of pyridine rings is 1. The Morgan fingerprint density at radius 2 is 2.05 bits per heavy atom. The third-order valence-corrected chi connectivity index (χ3v) is 7.56. The Morgan fingerprint density at radius 1 is 1.21 bits per heavy atom. The number of piperidine rings is 1. The first-order valence-corrected chi connectivity index (χ1v) is 13.1. The van der Waals surface area contributed by atoms with Gasteiger partial charge in [-0.1, -0.05) is 17.9 Å². The number of carboxylic acids is 1. The molecule has 1 saturated heterocycles. The minimum atomic E-state index is -0.792. The number of carbonyl (C=O) groups is 1. The molecule has 1 aliphatic rings. The first kappa shape index (κ1) is 27.6. The van der Waals surface area contributed by atoms with Crippen LogP contribution in [0.5, 0.6) is 5.75 Å². The van der Waals surface area contributed by atoms with Crippen LogP contribution in [0, 0.1) is 36.4 Å². The Bertz CT molecular complexity index is 1330. The van der Waals surface area contributed by atoms with E-state index in [0.717, 1.165) is 48.1 Å². The van der Waals surface area contributed by atoms with E-state index in [0.29, 0.717) is 36.4 Å². The van der Waals surface area contributed by atoms with Gasteiger partial charge in [0.15, 0.2) is 0 Å². The Labute approximate surface area is 223 Å². The molecule has 2 heterocycles. The summed E-state index contributed by atoms with van der Waals surface area (Å²) in [5.74, 6) is 6.40. The number of carboxylic acid groups (broad SMARTS) is 1. The number of aliphatic hydroxyl groups excluding tert-OH is 1. The second kappa shape index (κ2) is 12.9. The number of aryl methyl sites for hydroxylation is 1. The molecule has 1 aromatic heterocycles. The number of fused-ring (bicyclic) bond motifs is 1. The van der Waals surface area contributed by atoms with Crippen LogP contribution in [0.2, 0.25) is 0 Å². The monoisotopic (exact) mass is 518 g/mol. The summed E-state index contributed by atoms with van der Waals surface area (Å²) in [7, 11) is 1.62. The number of halogens is 1. The van der Waals surface area contributed by atoms with E-state index in [1.165, 1.54) is 6.07 Å². The van der Waals surface area contributed by atoms with Crippen LogP contribution in [0.15, 0.2) is 48.7 Å².